The molecule has 1 saturated carbocycles. The summed E-state index contributed by atoms with van der Waals surface area (Å²) in [5.74, 6) is 3.15. The van der Waals surface area contributed by atoms with Gasteiger partial charge in [-0.2, -0.15) is 0 Å². The monoisotopic (exact) mass is 330 g/mol. The fourth-order valence-corrected chi connectivity index (χ4v) is 4.39. The van der Waals surface area contributed by atoms with Gasteiger partial charge in [-0.25, -0.2) is 0 Å². The molecule has 24 heavy (non-hydrogen) atoms. The van der Waals surface area contributed by atoms with Gasteiger partial charge in [-0.05, 0) is 61.3 Å². The second-order valence-electron chi connectivity index (χ2n) is 8.30. The van der Waals surface area contributed by atoms with Crippen LogP contribution in [0.1, 0.15) is 83.3 Å². The first-order valence-electron chi connectivity index (χ1n) is 9.98. The van der Waals surface area contributed by atoms with Crippen LogP contribution >= 0.6 is 0 Å². The number of rotatable bonds is 6. The molecule has 0 aromatic heterocycles. The van der Waals surface area contributed by atoms with Crippen molar-refractivity contribution in [3.63, 3.8) is 0 Å². The lowest BCUT2D eigenvalue weighted by atomic mass is 9.87. The van der Waals surface area contributed by atoms with Gasteiger partial charge in [0.2, 0.25) is 0 Å². The van der Waals surface area contributed by atoms with Crippen LogP contribution in [0, 0.1) is 11.8 Å². The predicted molar refractivity (Wildman–Crippen MR) is 99.6 cm³/mol. The maximum Gasteiger partial charge on any atom is 0.200 e. The van der Waals surface area contributed by atoms with Gasteiger partial charge >= 0.3 is 0 Å². The number of hydrogen-bond donors (Lipinski definition) is 0. The van der Waals surface area contributed by atoms with Crippen molar-refractivity contribution >= 4 is 0 Å². The van der Waals surface area contributed by atoms with Crippen LogP contribution in [-0.2, 0) is 11.2 Å². The van der Waals surface area contributed by atoms with Gasteiger partial charge in [-0.3, -0.25) is 0 Å². The third-order valence-electron chi connectivity index (χ3n) is 5.94. The molecule has 1 fully saturated rings. The highest BCUT2D eigenvalue weighted by Crippen LogP contribution is 2.39. The van der Waals surface area contributed by atoms with E-state index >= 15 is 0 Å². The van der Waals surface area contributed by atoms with Crippen molar-refractivity contribution in [2.75, 3.05) is 0 Å². The minimum absolute atomic E-state index is 0.109. The SMILES string of the molecule is CC(C)OC(CC1CCCCC1)Oc1ccc2c(c1)CC(C)C2C. The number of fused-ring (bicyclic) bond motifs is 1. The summed E-state index contributed by atoms with van der Waals surface area (Å²) in [6, 6.07) is 6.67. The Morgan fingerprint density at radius 1 is 1.08 bits per heavy atom. The minimum atomic E-state index is -0.109. The van der Waals surface area contributed by atoms with Crippen LogP contribution in [0.5, 0.6) is 5.75 Å². The number of hydrogen-bond acceptors (Lipinski definition) is 2. The number of ether oxygens (including phenoxy) is 2. The summed E-state index contributed by atoms with van der Waals surface area (Å²) >= 11 is 0. The fraction of sp³-hybridized carbons (Fsp3) is 0.727. The zero-order chi connectivity index (χ0) is 17.1. The molecule has 1 aromatic carbocycles. The Hall–Kier alpha value is -1.02. The second-order valence-corrected chi connectivity index (χ2v) is 8.30. The molecule has 1 aromatic rings. The lowest BCUT2D eigenvalue weighted by Crippen LogP contribution is -2.28. The normalized spacial score (nSPS) is 25.7. The molecule has 2 heteroatoms. The van der Waals surface area contributed by atoms with Gasteiger partial charge in [0.05, 0.1) is 6.10 Å². The Labute approximate surface area is 147 Å². The van der Waals surface area contributed by atoms with Crippen LogP contribution in [0.25, 0.3) is 0 Å². The average molecular weight is 331 g/mol. The maximum absolute atomic E-state index is 6.30. The number of benzene rings is 1. The van der Waals surface area contributed by atoms with E-state index in [2.05, 4.69) is 45.9 Å². The van der Waals surface area contributed by atoms with Gasteiger partial charge in [0.15, 0.2) is 6.29 Å². The highest BCUT2D eigenvalue weighted by molar-refractivity contribution is 5.41. The molecule has 0 radical (unpaired) electrons. The van der Waals surface area contributed by atoms with E-state index in [0.717, 1.165) is 24.0 Å². The Bertz CT molecular complexity index is 531. The largest absolute Gasteiger partial charge is 0.465 e. The highest BCUT2D eigenvalue weighted by Gasteiger charge is 2.27. The molecule has 2 aliphatic carbocycles. The van der Waals surface area contributed by atoms with Crippen LogP contribution in [0.15, 0.2) is 18.2 Å². The molecule has 3 unspecified atom stereocenters. The Balaban J connectivity index is 1.67. The molecule has 2 aliphatic rings. The van der Waals surface area contributed by atoms with Crippen LogP contribution in [0.2, 0.25) is 0 Å². The summed E-state index contributed by atoms with van der Waals surface area (Å²) in [5.41, 5.74) is 2.97. The Morgan fingerprint density at radius 3 is 2.54 bits per heavy atom. The van der Waals surface area contributed by atoms with E-state index in [0.29, 0.717) is 5.92 Å². The Morgan fingerprint density at radius 2 is 1.83 bits per heavy atom. The van der Waals surface area contributed by atoms with E-state index in [1.54, 1.807) is 0 Å². The standard InChI is InChI=1S/C22H34O2/c1-15(2)23-22(13-18-8-6-5-7-9-18)24-20-10-11-21-17(4)16(3)12-19(21)14-20/h10-11,14-18,22H,5-9,12-13H2,1-4H3. The van der Waals surface area contributed by atoms with E-state index < -0.39 is 0 Å². The first kappa shape index (κ1) is 17.8. The van der Waals surface area contributed by atoms with Crippen LogP contribution in [-0.4, -0.2) is 12.4 Å². The molecule has 3 atom stereocenters. The summed E-state index contributed by atoms with van der Waals surface area (Å²) in [7, 11) is 0. The minimum Gasteiger partial charge on any atom is -0.465 e. The average Bonchev–Trinajstić information content (AvgIpc) is 2.82. The van der Waals surface area contributed by atoms with Crippen molar-refractivity contribution in [3.05, 3.63) is 29.3 Å². The van der Waals surface area contributed by atoms with E-state index in [1.165, 1.54) is 49.7 Å². The van der Waals surface area contributed by atoms with Gasteiger partial charge in [0.1, 0.15) is 5.75 Å². The third-order valence-corrected chi connectivity index (χ3v) is 5.94. The lowest BCUT2D eigenvalue weighted by Gasteiger charge is -2.28. The van der Waals surface area contributed by atoms with Crippen molar-refractivity contribution in [2.24, 2.45) is 11.8 Å². The molecule has 2 nitrogen and oxygen atoms in total. The first-order valence-corrected chi connectivity index (χ1v) is 9.98. The smallest absolute Gasteiger partial charge is 0.200 e. The van der Waals surface area contributed by atoms with E-state index in [4.69, 9.17) is 9.47 Å². The topological polar surface area (TPSA) is 18.5 Å². The zero-order valence-corrected chi connectivity index (χ0v) is 15.9. The molecule has 0 bridgehead atoms. The maximum atomic E-state index is 6.30. The molecule has 0 amide bonds. The summed E-state index contributed by atoms with van der Waals surface area (Å²) in [5, 5.41) is 0. The molecule has 0 spiro atoms. The summed E-state index contributed by atoms with van der Waals surface area (Å²) in [4.78, 5) is 0. The van der Waals surface area contributed by atoms with Crippen molar-refractivity contribution in [1.29, 1.82) is 0 Å². The summed E-state index contributed by atoms with van der Waals surface area (Å²) in [6.45, 7) is 8.89. The molecule has 0 N–H and O–H groups in total. The molecule has 0 aliphatic heterocycles. The second kappa shape index (κ2) is 7.91. The predicted octanol–water partition coefficient (Wildman–Crippen LogP) is 6.08. The van der Waals surface area contributed by atoms with Crippen molar-refractivity contribution in [1.82, 2.24) is 0 Å². The third kappa shape index (κ3) is 4.33. The lowest BCUT2D eigenvalue weighted by molar-refractivity contribution is -0.120. The quantitative estimate of drug-likeness (QED) is 0.588. The van der Waals surface area contributed by atoms with E-state index in [1.807, 2.05) is 0 Å². The van der Waals surface area contributed by atoms with Gasteiger partial charge in [0, 0.05) is 6.42 Å². The van der Waals surface area contributed by atoms with Crippen molar-refractivity contribution in [3.8, 4) is 5.75 Å². The Kier molecular flexibility index (Phi) is 5.86. The first-order chi connectivity index (χ1) is 11.5. The zero-order valence-electron chi connectivity index (χ0n) is 15.9. The van der Waals surface area contributed by atoms with Crippen LogP contribution in [0.3, 0.4) is 0 Å². The van der Waals surface area contributed by atoms with Crippen molar-refractivity contribution < 1.29 is 9.47 Å². The summed E-state index contributed by atoms with van der Waals surface area (Å²) in [6.07, 6.45) is 9.10. The van der Waals surface area contributed by atoms with Gasteiger partial charge in [0.25, 0.3) is 0 Å². The van der Waals surface area contributed by atoms with Crippen molar-refractivity contribution in [2.45, 2.75) is 91.0 Å². The molecule has 0 saturated heterocycles. The fourth-order valence-electron chi connectivity index (χ4n) is 4.39. The molecule has 0 heterocycles. The van der Waals surface area contributed by atoms with Crippen LogP contribution < -0.4 is 4.74 Å². The molecular weight excluding hydrogens is 296 g/mol. The highest BCUT2D eigenvalue weighted by atomic mass is 16.7. The van der Waals surface area contributed by atoms with Gasteiger partial charge in [-0.15, -0.1) is 0 Å². The molecule has 134 valence electrons. The van der Waals surface area contributed by atoms with E-state index in [9.17, 15) is 0 Å². The van der Waals surface area contributed by atoms with Gasteiger partial charge in [-0.1, -0.05) is 52.0 Å². The summed E-state index contributed by atoms with van der Waals surface area (Å²) < 4.78 is 12.4. The molecule has 3 rings (SSSR count). The molecular formula is C22H34O2. The van der Waals surface area contributed by atoms with Gasteiger partial charge < -0.3 is 9.47 Å². The van der Waals surface area contributed by atoms with E-state index in [-0.39, 0.29) is 12.4 Å². The van der Waals surface area contributed by atoms with Crippen LogP contribution in [0.4, 0.5) is 0 Å².